The van der Waals surface area contributed by atoms with E-state index in [1.54, 1.807) is 6.92 Å². The molecule has 1 aliphatic rings. The van der Waals surface area contributed by atoms with E-state index < -0.39 is 28.4 Å². The highest BCUT2D eigenvalue weighted by atomic mass is 32.2. The zero-order valence-corrected chi connectivity index (χ0v) is 11.3. The van der Waals surface area contributed by atoms with Crippen LogP contribution in [0.25, 0.3) is 0 Å². The number of piperazine rings is 1. The van der Waals surface area contributed by atoms with Crippen molar-refractivity contribution < 1.29 is 21.6 Å². The predicted octanol–water partition coefficient (Wildman–Crippen LogP) is 1.34. The van der Waals surface area contributed by atoms with Crippen molar-refractivity contribution in [2.24, 2.45) is 0 Å². The third-order valence-electron chi connectivity index (χ3n) is 2.93. The minimum Gasteiger partial charge on any atom is -0.311 e. The van der Waals surface area contributed by atoms with Gasteiger partial charge in [-0.1, -0.05) is 0 Å². The maximum atomic E-state index is 12.0. The SMILES string of the molecule is CC1CN(S(=O)(=O)CCCC(F)(F)F)C(C)CN1. The highest BCUT2D eigenvalue weighted by Gasteiger charge is 2.33. The highest BCUT2D eigenvalue weighted by Crippen LogP contribution is 2.22. The van der Waals surface area contributed by atoms with Crippen LogP contribution in [0.2, 0.25) is 0 Å². The number of hydrogen-bond donors (Lipinski definition) is 1. The molecule has 1 aliphatic heterocycles. The molecular weight excluding hydrogens is 269 g/mol. The molecule has 0 spiro atoms. The molecule has 2 atom stereocenters. The molecular formula is C10H19F3N2O2S. The lowest BCUT2D eigenvalue weighted by Gasteiger charge is -2.36. The second-order valence-electron chi connectivity index (χ2n) is 4.76. The van der Waals surface area contributed by atoms with Gasteiger partial charge in [-0.15, -0.1) is 0 Å². The standard InChI is InChI=1S/C10H19F3N2O2S/c1-8-7-15(9(2)6-14-8)18(16,17)5-3-4-10(11,12)13/h8-9,14H,3-7H2,1-2H3. The molecule has 0 aliphatic carbocycles. The monoisotopic (exact) mass is 288 g/mol. The van der Waals surface area contributed by atoms with E-state index in [0.29, 0.717) is 13.1 Å². The van der Waals surface area contributed by atoms with Gasteiger partial charge in [0.2, 0.25) is 10.0 Å². The first-order valence-electron chi connectivity index (χ1n) is 5.91. The Bertz CT molecular complexity index is 370. The Labute approximate surface area is 106 Å². The van der Waals surface area contributed by atoms with Gasteiger partial charge >= 0.3 is 6.18 Å². The number of nitrogens with one attached hydrogen (secondary N) is 1. The maximum absolute atomic E-state index is 12.0. The summed E-state index contributed by atoms with van der Waals surface area (Å²) in [6, 6.07) is -0.185. The van der Waals surface area contributed by atoms with E-state index in [0.717, 1.165) is 0 Å². The van der Waals surface area contributed by atoms with Crippen LogP contribution in [0.3, 0.4) is 0 Å². The van der Waals surface area contributed by atoms with Crippen LogP contribution < -0.4 is 5.32 Å². The van der Waals surface area contributed by atoms with E-state index in [2.05, 4.69) is 5.32 Å². The van der Waals surface area contributed by atoms with Crippen molar-refractivity contribution in [1.29, 1.82) is 0 Å². The van der Waals surface area contributed by atoms with Gasteiger partial charge in [-0.25, -0.2) is 8.42 Å². The van der Waals surface area contributed by atoms with Crippen molar-refractivity contribution >= 4 is 10.0 Å². The number of alkyl halides is 3. The van der Waals surface area contributed by atoms with Gasteiger partial charge in [-0.2, -0.15) is 17.5 Å². The summed E-state index contributed by atoms with van der Waals surface area (Å²) in [5.41, 5.74) is 0. The van der Waals surface area contributed by atoms with Gasteiger partial charge in [0.25, 0.3) is 0 Å². The average Bonchev–Trinajstić information content (AvgIpc) is 2.19. The van der Waals surface area contributed by atoms with Gasteiger partial charge in [-0.3, -0.25) is 0 Å². The van der Waals surface area contributed by atoms with Crippen LogP contribution in [-0.4, -0.2) is 49.8 Å². The van der Waals surface area contributed by atoms with E-state index in [-0.39, 0.29) is 18.5 Å². The summed E-state index contributed by atoms with van der Waals surface area (Å²) in [4.78, 5) is 0. The zero-order chi connectivity index (χ0) is 14.0. The molecule has 0 saturated carbocycles. The first kappa shape index (κ1) is 15.7. The van der Waals surface area contributed by atoms with Gasteiger partial charge < -0.3 is 5.32 Å². The lowest BCUT2D eigenvalue weighted by Crippen LogP contribution is -2.56. The lowest BCUT2D eigenvalue weighted by atomic mass is 10.2. The van der Waals surface area contributed by atoms with Gasteiger partial charge in [-0.05, 0) is 20.3 Å². The van der Waals surface area contributed by atoms with Crippen LogP contribution in [0, 0.1) is 0 Å². The minimum absolute atomic E-state index is 0.0265. The quantitative estimate of drug-likeness (QED) is 0.849. The fourth-order valence-electron chi connectivity index (χ4n) is 1.95. The fraction of sp³-hybridized carbons (Fsp3) is 1.00. The van der Waals surface area contributed by atoms with Crippen LogP contribution in [0.5, 0.6) is 0 Å². The summed E-state index contributed by atoms with van der Waals surface area (Å²) in [5, 5.41) is 3.13. The molecule has 1 saturated heterocycles. The van der Waals surface area contributed by atoms with Crippen molar-refractivity contribution in [3.63, 3.8) is 0 Å². The Morgan fingerprint density at radius 1 is 1.33 bits per heavy atom. The second kappa shape index (κ2) is 5.75. The molecule has 2 unspecified atom stereocenters. The molecule has 1 N–H and O–H groups in total. The molecule has 0 aromatic rings. The molecule has 108 valence electrons. The van der Waals surface area contributed by atoms with Crippen LogP contribution >= 0.6 is 0 Å². The average molecular weight is 288 g/mol. The third kappa shape index (κ3) is 4.74. The van der Waals surface area contributed by atoms with Gasteiger partial charge in [0, 0.05) is 31.6 Å². The van der Waals surface area contributed by atoms with Gasteiger partial charge in [0.15, 0.2) is 0 Å². The van der Waals surface area contributed by atoms with E-state index in [1.165, 1.54) is 4.31 Å². The molecule has 0 aromatic carbocycles. The molecule has 18 heavy (non-hydrogen) atoms. The Morgan fingerprint density at radius 3 is 2.50 bits per heavy atom. The molecule has 1 rings (SSSR count). The lowest BCUT2D eigenvalue weighted by molar-refractivity contribution is -0.134. The maximum Gasteiger partial charge on any atom is 0.389 e. The largest absolute Gasteiger partial charge is 0.389 e. The summed E-state index contributed by atoms with van der Waals surface area (Å²) in [6.45, 7) is 4.44. The summed E-state index contributed by atoms with van der Waals surface area (Å²) < 4.78 is 61.2. The topological polar surface area (TPSA) is 49.4 Å². The summed E-state index contributed by atoms with van der Waals surface area (Å²) in [5.74, 6) is -0.441. The number of sulfonamides is 1. The number of hydrogen-bond acceptors (Lipinski definition) is 3. The molecule has 1 heterocycles. The first-order chi connectivity index (χ1) is 8.12. The zero-order valence-electron chi connectivity index (χ0n) is 10.5. The van der Waals surface area contributed by atoms with Crippen LogP contribution in [-0.2, 0) is 10.0 Å². The predicted molar refractivity (Wildman–Crippen MR) is 62.7 cm³/mol. The molecule has 0 amide bonds. The van der Waals surface area contributed by atoms with E-state index in [4.69, 9.17) is 0 Å². The number of nitrogens with zero attached hydrogens (tertiary/aromatic N) is 1. The third-order valence-corrected chi connectivity index (χ3v) is 4.96. The summed E-state index contributed by atoms with van der Waals surface area (Å²) in [6.07, 6.45) is -5.73. The van der Waals surface area contributed by atoms with Gasteiger partial charge in [0.05, 0.1) is 5.75 Å². The molecule has 8 heteroatoms. The highest BCUT2D eigenvalue weighted by molar-refractivity contribution is 7.89. The molecule has 4 nitrogen and oxygen atoms in total. The Balaban J connectivity index is 2.57. The fourth-order valence-corrected chi connectivity index (χ4v) is 3.77. The summed E-state index contributed by atoms with van der Waals surface area (Å²) >= 11 is 0. The van der Waals surface area contributed by atoms with E-state index in [1.807, 2.05) is 6.92 Å². The Morgan fingerprint density at radius 2 is 1.94 bits per heavy atom. The van der Waals surface area contributed by atoms with E-state index in [9.17, 15) is 21.6 Å². The minimum atomic E-state index is -4.29. The number of rotatable bonds is 4. The summed E-state index contributed by atoms with van der Waals surface area (Å²) in [7, 11) is -3.59. The van der Waals surface area contributed by atoms with Crippen molar-refractivity contribution in [1.82, 2.24) is 9.62 Å². The molecule has 0 radical (unpaired) electrons. The normalized spacial score (nSPS) is 27.4. The molecule has 0 aromatic heterocycles. The Hall–Kier alpha value is -0.340. The van der Waals surface area contributed by atoms with Crippen molar-refractivity contribution in [3.05, 3.63) is 0 Å². The van der Waals surface area contributed by atoms with Crippen molar-refractivity contribution in [2.75, 3.05) is 18.8 Å². The van der Waals surface area contributed by atoms with Crippen molar-refractivity contribution in [3.8, 4) is 0 Å². The van der Waals surface area contributed by atoms with Crippen LogP contribution in [0.15, 0.2) is 0 Å². The Kier molecular flexibility index (Phi) is 5.02. The smallest absolute Gasteiger partial charge is 0.311 e. The van der Waals surface area contributed by atoms with Gasteiger partial charge in [0.1, 0.15) is 0 Å². The first-order valence-corrected chi connectivity index (χ1v) is 7.52. The molecule has 1 fully saturated rings. The van der Waals surface area contributed by atoms with Crippen molar-refractivity contribution in [2.45, 2.75) is 44.9 Å². The van der Waals surface area contributed by atoms with E-state index >= 15 is 0 Å². The second-order valence-corrected chi connectivity index (χ2v) is 6.80. The van der Waals surface area contributed by atoms with Crippen LogP contribution in [0.4, 0.5) is 13.2 Å². The number of halogens is 3. The van der Waals surface area contributed by atoms with Crippen LogP contribution in [0.1, 0.15) is 26.7 Å². The molecule has 0 bridgehead atoms.